The molecule has 2 aromatic rings. The van der Waals surface area contributed by atoms with Gasteiger partial charge in [0.2, 0.25) is 0 Å². The maximum Gasteiger partial charge on any atom is 0.356 e. The van der Waals surface area contributed by atoms with E-state index in [1.165, 1.54) is 18.3 Å². The molecule has 0 saturated carbocycles. The number of hydrogen-bond donors (Lipinski definition) is 2. The van der Waals surface area contributed by atoms with Crippen molar-refractivity contribution in [3.05, 3.63) is 53.5 Å². The van der Waals surface area contributed by atoms with Crippen molar-refractivity contribution in [2.75, 3.05) is 11.9 Å². The lowest BCUT2D eigenvalue weighted by atomic mass is 10.1. The first-order valence-electron chi connectivity index (χ1n) is 5.79. The van der Waals surface area contributed by atoms with Crippen molar-refractivity contribution in [2.45, 2.75) is 6.42 Å². The molecule has 0 saturated heterocycles. The number of hydrogen-bond acceptors (Lipinski definition) is 4. The molecule has 0 aliphatic carbocycles. The number of anilines is 1. The van der Waals surface area contributed by atoms with Crippen LogP contribution in [0.3, 0.4) is 0 Å². The Balaban J connectivity index is 1.95. The summed E-state index contributed by atoms with van der Waals surface area (Å²) >= 11 is 0. The Bertz CT molecular complexity index is 615. The zero-order valence-corrected chi connectivity index (χ0v) is 10.3. The van der Waals surface area contributed by atoms with Gasteiger partial charge in [0.05, 0.1) is 12.4 Å². The molecule has 104 valence electrons. The van der Waals surface area contributed by atoms with Crippen molar-refractivity contribution < 1.29 is 18.7 Å². The van der Waals surface area contributed by atoms with Crippen molar-refractivity contribution in [3.8, 4) is 0 Å². The van der Waals surface area contributed by atoms with Crippen molar-refractivity contribution in [1.82, 2.24) is 9.97 Å². The highest BCUT2D eigenvalue weighted by atomic mass is 19.1. The zero-order valence-electron chi connectivity index (χ0n) is 10.3. The standard InChI is InChI=1S/C13H11F2N3O2/c14-9-3-8(4-10(15)5-9)1-2-17-12-7-16-6-11(18-12)13(19)20/h3-7H,1-2H2,(H,17,18)(H,19,20). The number of benzene rings is 1. The van der Waals surface area contributed by atoms with Crippen LogP contribution in [0.1, 0.15) is 16.1 Å². The Labute approximate surface area is 113 Å². The molecule has 2 N–H and O–H groups in total. The number of carboxylic acids is 1. The third-order valence-corrected chi connectivity index (χ3v) is 2.50. The molecule has 0 amide bonds. The Kier molecular flexibility index (Phi) is 4.19. The number of carboxylic acid groups (broad SMARTS) is 1. The van der Waals surface area contributed by atoms with E-state index >= 15 is 0 Å². The second-order valence-electron chi connectivity index (χ2n) is 4.05. The fraction of sp³-hybridized carbons (Fsp3) is 0.154. The van der Waals surface area contributed by atoms with Gasteiger partial charge in [-0.25, -0.2) is 18.6 Å². The van der Waals surface area contributed by atoms with Crippen molar-refractivity contribution >= 4 is 11.8 Å². The Morgan fingerprint density at radius 3 is 2.55 bits per heavy atom. The number of aromatic carboxylic acids is 1. The molecule has 0 aliphatic rings. The molecule has 0 aliphatic heterocycles. The highest BCUT2D eigenvalue weighted by molar-refractivity contribution is 5.85. The van der Waals surface area contributed by atoms with Crippen LogP contribution in [-0.2, 0) is 6.42 Å². The fourth-order valence-electron chi connectivity index (χ4n) is 1.64. The van der Waals surface area contributed by atoms with Crippen LogP contribution in [0.5, 0.6) is 0 Å². The van der Waals surface area contributed by atoms with E-state index < -0.39 is 17.6 Å². The third kappa shape index (κ3) is 3.71. The number of nitrogens with zero attached hydrogens (tertiary/aromatic N) is 2. The van der Waals surface area contributed by atoms with E-state index in [0.717, 1.165) is 12.3 Å². The lowest BCUT2D eigenvalue weighted by Gasteiger charge is -2.06. The van der Waals surface area contributed by atoms with Crippen LogP contribution in [-0.4, -0.2) is 27.6 Å². The van der Waals surface area contributed by atoms with E-state index in [0.29, 0.717) is 24.3 Å². The number of aromatic nitrogens is 2. The van der Waals surface area contributed by atoms with Gasteiger partial charge in [-0.2, -0.15) is 0 Å². The first-order valence-corrected chi connectivity index (χ1v) is 5.79. The van der Waals surface area contributed by atoms with Gasteiger partial charge in [0.1, 0.15) is 17.5 Å². The van der Waals surface area contributed by atoms with E-state index in [-0.39, 0.29) is 5.69 Å². The summed E-state index contributed by atoms with van der Waals surface area (Å²) in [6, 6.07) is 3.28. The maximum atomic E-state index is 13.0. The van der Waals surface area contributed by atoms with Gasteiger partial charge in [-0.15, -0.1) is 0 Å². The molecule has 0 atom stereocenters. The van der Waals surface area contributed by atoms with Gasteiger partial charge in [-0.05, 0) is 24.1 Å². The van der Waals surface area contributed by atoms with Gasteiger partial charge in [0.25, 0.3) is 0 Å². The summed E-state index contributed by atoms with van der Waals surface area (Å²) in [6.45, 7) is 0.348. The molecule has 1 heterocycles. The summed E-state index contributed by atoms with van der Waals surface area (Å²) in [5, 5.41) is 11.6. The lowest BCUT2D eigenvalue weighted by Crippen LogP contribution is -2.09. The highest BCUT2D eigenvalue weighted by Crippen LogP contribution is 2.09. The van der Waals surface area contributed by atoms with E-state index in [4.69, 9.17) is 5.11 Å². The van der Waals surface area contributed by atoms with Crippen LogP contribution < -0.4 is 5.32 Å². The number of halogens is 2. The molecule has 0 fully saturated rings. The molecule has 1 aromatic heterocycles. The molecule has 7 heteroatoms. The quantitative estimate of drug-likeness (QED) is 0.876. The normalized spacial score (nSPS) is 10.3. The first-order chi connectivity index (χ1) is 9.54. The minimum Gasteiger partial charge on any atom is -0.476 e. The molecule has 0 bridgehead atoms. The van der Waals surface area contributed by atoms with Crippen LogP contribution in [0.15, 0.2) is 30.6 Å². The predicted molar refractivity (Wildman–Crippen MR) is 67.5 cm³/mol. The van der Waals surface area contributed by atoms with E-state index in [9.17, 15) is 13.6 Å². The van der Waals surface area contributed by atoms with Gasteiger partial charge in [-0.3, -0.25) is 4.98 Å². The first kappa shape index (κ1) is 13.9. The summed E-state index contributed by atoms with van der Waals surface area (Å²) in [6.07, 6.45) is 2.88. The molecule has 0 radical (unpaired) electrons. The van der Waals surface area contributed by atoms with Crippen LogP contribution in [0.4, 0.5) is 14.6 Å². The second-order valence-corrected chi connectivity index (χ2v) is 4.05. The van der Waals surface area contributed by atoms with Crippen LogP contribution in [0.25, 0.3) is 0 Å². The summed E-state index contributed by atoms with van der Waals surface area (Å²) in [4.78, 5) is 18.3. The van der Waals surface area contributed by atoms with Gasteiger partial charge in [-0.1, -0.05) is 0 Å². The van der Waals surface area contributed by atoms with E-state index in [1.807, 2.05) is 0 Å². The lowest BCUT2D eigenvalue weighted by molar-refractivity contribution is 0.0690. The number of nitrogens with one attached hydrogen (secondary N) is 1. The van der Waals surface area contributed by atoms with E-state index in [2.05, 4.69) is 15.3 Å². The van der Waals surface area contributed by atoms with Crippen molar-refractivity contribution in [2.24, 2.45) is 0 Å². The van der Waals surface area contributed by atoms with Gasteiger partial charge >= 0.3 is 5.97 Å². The molecular formula is C13H11F2N3O2. The smallest absolute Gasteiger partial charge is 0.356 e. The monoisotopic (exact) mass is 279 g/mol. The minimum atomic E-state index is -1.17. The minimum absolute atomic E-state index is 0.174. The van der Waals surface area contributed by atoms with E-state index in [1.54, 1.807) is 0 Å². The largest absolute Gasteiger partial charge is 0.476 e. The van der Waals surface area contributed by atoms with Crippen LogP contribution >= 0.6 is 0 Å². The fourth-order valence-corrected chi connectivity index (χ4v) is 1.64. The molecule has 1 aromatic carbocycles. The maximum absolute atomic E-state index is 13.0. The average Bonchev–Trinajstić information content (AvgIpc) is 2.38. The molecule has 0 unspecified atom stereocenters. The molecular weight excluding hydrogens is 268 g/mol. The zero-order chi connectivity index (χ0) is 14.5. The summed E-state index contributed by atoms with van der Waals surface area (Å²) < 4.78 is 25.9. The summed E-state index contributed by atoms with van der Waals surface area (Å²) in [7, 11) is 0. The molecule has 20 heavy (non-hydrogen) atoms. The predicted octanol–water partition coefficient (Wildman–Crippen LogP) is 2.11. The third-order valence-electron chi connectivity index (χ3n) is 2.50. The molecule has 2 rings (SSSR count). The Morgan fingerprint density at radius 2 is 1.90 bits per heavy atom. The SMILES string of the molecule is O=C(O)c1cncc(NCCc2cc(F)cc(F)c2)n1. The van der Waals surface area contributed by atoms with Crippen molar-refractivity contribution in [1.29, 1.82) is 0 Å². The highest BCUT2D eigenvalue weighted by Gasteiger charge is 2.06. The van der Waals surface area contributed by atoms with Gasteiger partial charge in [0, 0.05) is 12.6 Å². The summed E-state index contributed by atoms with van der Waals surface area (Å²) in [5.41, 5.74) is 0.323. The van der Waals surface area contributed by atoms with Gasteiger partial charge < -0.3 is 10.4 Å². The van der Waals surface area contributed by atoms with Gasteiger partial charge in [0.15, 0.2) is 5.69 Å². The van der Waals surface area contributed by atoms with Crippen molar-refractivity contribution in [3.63, 3.8) is 0 Å². The average molecular weight is 279 g/mol. The van der Waals surface area contributed by atoms with Crippen LogP contribution in [0, 0.1) is 11.6 Å². The molecule has 0 spiro atoms. The topological polar surface area (TPSA) is 75.1 Å². The number of rotatable bonds is 5. The second kappa shape index (κ2) is 6.05. The Morgan fingerprint density at radius 1 is 1.20 bits per heavy atom. The molecule has 5 nitrogen and oxygen atoms in total. The Hall–Kier alpha value is -2.57. The van der Waals surface area contributed by atoms with Crippen LogP contribution in [0.2, 0.25) is 0 Å². The summed E-state index contributed by atoms with van der Waals surface area (Å²) in [5.74, 6) is -2.14. The number of carbonyl (C=O) groups is 1.